The molecule has 1 saturated carbocycles. The molecule has 0 bridgehead atoms. The lowest BCUT2D eigenvalue weighted by molar-refractivity contribution is -0.133. The highest BCUT2D eigenvalue weighted by atomic mass is 16.5. The van der Waals surface area contributed by atoms with Crippen molar-refractivity contribution in [3.8, 4) is 0 Å². The first-order valence-corrected chi connectivity index (χ1v) is 9.94. The number of nitrogens with zero attached hydrogens (tertiary/aromatic N) is 4. The fraction of sp³-hybridized carbons (Fsp3) is 0.684. The number of morpholine rings is 1. The van der Waals surface area contributed by atoms with Gasteiger partial charge in [0.2, 0.25) is 5.91 Å². The maximum absolute atomic E-state index is 13.0. The summed E-state index contributed by atoms with van der Waals surface area (Å²) in [5.41, 5.74) is -0.470. The summed E-state index contributed by atoms with van der Waals surface area (Å²) >= 11 is 0. The van der Waals surface area contributed by atoms with E-state index in [1.165, 1.54) is 15.6 Å². The van der Waals surface area contributed by atoms with Crippen molar-refractivity contribution < 1.29 is 19.1 Å². The normalized spacial score (nSPS) is 25.7. The number of likely N-dealkylation sites (N-methyl/N-ethyl adjacent to an activating group) is 1. The van der Waals surface area contributed by atoms with E-state index in [2.05, 4.69) is 10.4 Å². The molecule has 1 N–H and O–H groups in total. The number of hydrogen-bond acceptors (Lipinski definition) is 5. The Labute approximate surface area is 164 Å². The van der Waals surface area contributed by atoms with Crippen molar-refractivity contribution in [1.29, 1.82) is 0 Å². The zero-order valence-corrected chi connectivity index (χ0v) is 16.4. The molecule has 2 fully saturated rings. The minimum Gasteiger partial charge on any atom is -0.378 e. The highest BCUT2D eigenvalue weighted by Gasteiger charge is 2.47. The maximum Gasteiger partial charge on any atom is 0.274 e. The van der Waals surface area contributed by atoms with Crippen LogP contribution < -0.4 is 5.32 Å². The van der Waals surface area contributed by atoms with E-state index in [1.807, 2.05) is 0 Å². The molecule has 3 amide bonds. The summed E-state index contributed by atoms with van der Waals surface area (Å²) in [7, 11) is 1.64. The summed E-state index contributed by atoms with van der Waals surface area (Å²) < 4.78 is 6.79. The van der Waals surface area contributed by atoms with Crippen LogP contribution >= 0.6 is 0 Å². The number of ether oxygens (including phenoxy) is 1. The first kappa shape index (κ1) is 18.9. The Kier molecular flexibility index (Phi) is 4.86. The van der Waals surface area contributed by atoms with Crippen LogP contribution in [-0.2, 0) is 16.1 Å². The second-order valence-electron chi connectivity index (χ2n) is 8.07. The van der Waals surface area contributed by atoms with E-state index in [0.717, 1.165) is 25.7 Å². The lowest BCUT2D eigenvalue weighted by Gasteiger charge is -2.41. The van der Waals surface area contributed by atoms with Gasteiger partial charge in [-0.3, -0.25) is 19.1 Å². The molecule has 9 nitrogen and oxygen atoms in total. The van der Waals surface area contributed by atoms with Gasteiger partial charge >= 0.3 is 0 Å². The van der Waals surface area contributed by atoms with Gasteiger partial charge in [-0.2, -0.15) is 5.10 Å². The fourth-order valence-electron chi connectivity index (χ4n) is 4.17. The van der Waals surface area contributed by atoms with Gasteiger partial charge in [0, 0.05) is 32.2 Å². The van der Waals surface area contributed by atoms with Crippen LogP contribution in [0.25, 0.3) is 0 Å². The van der Waals surface area contributed by atoms with Crippen LogP contribution in [-0.4, -0.2) is 82.2 Å². The van der Waals surface area contributed by atoms with Gasteiger partial charge in [0.25, 0.3) is 11.8 Å². The van der Waals surface area contributed by atoms with Crippen molar-refractivity contribution >= 4 is 17.7 Å². The Bertz CT molecular complexity index is 794. The summed E-state index contributed by atoms with van der Waals surface area (Å²) in [6.07, 6.45) is 4.19. The van der Waals surface area contributed by atoms with E-state index in [0.29, 0.717) is 32.0 Å². The van der Waals surface area contributed by atoms with Crippen LogP contribution in [0.4, 0.5) is 0 Å². The third kappa shape index (κ3) is 3.17. The Morgan fingerprint density at radius 1 is 1.25 bits per heavy atom. The number of hydrogen-bond donors (Lipinski definition) is 1. The third-order valence-corrected chi connectivity index (χ3v) is 6.20. The van der Waals surface area contributed by atoms with Gasteiger partial charge in [-0.25, -0.2) is 0 Å². The Balaban J connectivity index is 1.56. The zero-order chi connectivity index (χ0) is 19.9. The van der Waals surface area contributed by atoms with Crippen LogP contribution in [0.15, 0.2) is 6.07 Å². The largest absolute Gasteiger partial charge is 0.378 e. The molecule has 0 aromatic carbocycles. The van der Waals surface area contributed by atoms with Gasteiger partial charge in [0.05, 0.1) is 19.8 Å². The molecule has 1 unspecified atom stereocenters. The van der Waals surface area contributed by atoms with Crippen molar-refractivity contribution in [1.82, 2.24) is 24.9 Å². The fourth-order valence-corrected chi connectivity index (χ4v) is 4.17. The van der Waals surface area contributed by atoms with Gasteiger partial charge < -0.3 is 19.9 Å². The molecule has 1 aliphatic carbocycles. The van der Waals surface area contributed by atoms with E-state index in [9.17, 15) is 14.4 Å². The van der Waals surface area contributed by atoms with E-state index in [-0.39, 0.29) is 36.0 Å². The predicted octanol–water partition coefficient (Wildman–Crippen LogP) is 0.259. The van der Waals surface area contributed by atoms with Crippen molar-refractivity contribution in [3.63, 3.8) is 0 Å². The molecular formula is C19H27N5O4. The quantitative estimate of drug-likeness (QED) is 0.800. The lowest BCUT2D eigenvalue weighted by atomic mass is 9.95. The second kappa shape index (κ2) is 7.20. The van der Waals surface area contributed by atoms with Crippen LogP contribution in [0.2, 0.25) is 0 Å². The Morgan fingerprint density at radius 2 is 1.93 bits per heavy atom. The van der Waals surface area contributed by atoms with Gasteiger partial charge in [-0.15, -0.1) is 0 Å². The van der Waals surface area contributed by atoms with Crippen molar-refractivity contribution in [2.45, 2.75) is 50.7 Å². The summed E-state index contributed by atoms with van der Waals surface area (Å²) in [5, 5.41) is 7.47. The summed E-state index contributed by atoms with van der Waals surface area (Å²) in [5.74, 6) is -0.681. The summed E-state index contributed by atoms with van der Waals surface area (Å²) in [6, 6.07) is 1.70. The maximum atomic E-state index is 13.0. The molecule has 1 aromatic rings. The van der Waals surface area contributed by atoms with E-state index < -0.39 is 5.54 Å². The van der Waals surface area contributed by atoms with Crippen molar-refractivity contribution in [2.75, 3.05) is 33.4 Å². The standard InChI is InChI=1S/C19H27N5O4/c1-19(18(27)20-13-5-3-4-6-13)12-24-15(17(26)22(19)2)11-14(21-24)16(25)23-7-9-28-10-8-23/h11,13H,3-10,12H2,1-2H3,(H,20,27). The van der Waals surface area contributed by atoms with Gasteiger partial charge in [-0.05, 0) is 19.8 Å². The highest BCUT2D eigenvalue weighted by molar-refractivity contribution is 6.01. The number of carbonyl (C=O) groups excluding carboxylic acids is 3. The van der Waals surface area contributed by atoms with Crippen LogP contribution in [0.3, 0.4) is 0 Å². The van der Waals surface area contributed by atoms with Crippen LogP contribution in [0, 0.1) is 0 Å². The number of aromatic nitrogens is 2. The zero-order valence-electron chi connectivity index (χ0n) is 16.4. The van der Waals surface area contributed by atoms with Crippen molar-refractivity contribution in [3.05, 3.63) is 17.5 Å². The molecule has 3 heterocycles. The van der Waals surface area contributed by atoms with Crippen LogP contribution in [0.1, 0.15) is 53.6 Å². The minimum absolute atomic E-state index is 0.169. The molecule has 4 rings (SSSR count). The molecule has 9 heteroatoms. The molecule has 1 aromatic heterocycles. The van der Waals surface area contributed by atoms with Gasteiger partial charge in [-0.1, -0.05) is 12.8 Å². The monoisotopic (exact) mass is 389 g/mol. The summed E-state index contributed by atoms with van der Waals surface area (Å²) in [6.45, 7) is 4.00. The topological polar surface area (TPSA) is 96.8 Å². The van der Waals surface area contributed by atoms with Crippen LogP contribution in [0.5, 0.6) is 0 Å². The molecule has 1 saturated heterocycles. The van der Waals surface area contributed by atoms with Gasteiger partial charge in [0.1, 0.15) is 11.2 Å². The minimum atomic E-state index is -1.04. The highest BCUT2D eigenvalue weighted by Crippen LogP contribution is 2.27. The molecular weight excluding hydrogens is 362 g/mol. The number of amides is 3. The number of fused-ring (bicyclic) bond motifs is 1. The third-order valence-electron chi connectivity index (χ3n) is 6.20. The predicted molar refractivity (Wildman–Crippen MR) is 99.8 cm³/mol. The number of carbonyl (C=O) groups is 3. The van der Waals surface area contributed by atoms with Crippen molar-refractivity contribution in [2.24, 2.45) is 0 Å². The molecule has 28 heavy (non-hydrogen) atoms. The number of rotatable bonds is 3. The molecule has 3 aliphatic rings. The summed E-state index contributed by atoms with van der Waals surface area (Å²) in [4.78, 5) is 41.8. The smallest absolute Gasteiger partial charge is 0.274 e. The average Bonchev–Trinajstić information content (AvgIpc) is 3.36. The molecule has 2 aliphatic heterocycles. The molecule has 0 radical (unpaired) electrons. The molecule has 0 spiro atoms. The van der Waals surface area contributed by atoms with Gasteiger partial charge in [0.15, 0.2) is 5.69 Å². The molecule has 1 atom stereocenters. The van der Waals surface area contributed by atoms with E-state index in [4.69, 9.17) is 4.74 Å². The SMILES string of the molecule is CN1C(=O)c2cc(C(=O)N3CCOCC3)nn2CC1(C)C(=O)NC1CCCC1. The number of nitrogens with one attached hydrogen (secondary N) is 1. The Hall–Kier alpha value is -2.42. The Morgan fingerprint density at radius 3 is 2.61 bits per heavy atom. The second-order valence-corrected chi connectivity index (χ2v) is 8.07. The van der Waals surface area contributed by atoms with E-state index in [1.54, 1.807) is 18.9 Å². The van der Waals surface area contributed by atoms with E-state index >= 15 is 0 Å². The average molecular weight is 389 g/mol. The lowest BCUT2D eigenvalue weighted by Crippen LogP contribution is -2.63. The molecule has 152 valence electrons. The first-order chi connectivity index (χ1) is 13.4. The first-order valence-electron chi connectivity index (χ1n) is 9.94.